The first-order chi connectivity index (χ1) is 9.75. The van der Waals surface area contributed by atoms with Crippen molar-refractivity contribution in [1.29, 1.82) is 0 Å². The van der Waals surface area contributed by atoms with Crippen LogP contribution >= 0.6 is 27.5 Å². The zero-order valence-electron chi connectivity index (χ0n) is 10.6. The molecule has 100 valence electrons. The second-order valence-electron chi connectivity index (χ2n) is 4.44. The fraction of sp³-hybridized carbons (Fsp3) is 0.0625. The van der Waals surface area contributed by atoms with E-state index in [0.29, 0.717) is 0 Å². The maximum atomic E-state index is 6.24. The molecule has 1 unspecified atom stereocenters. The Hall–Kier alpha value is -1.58. The lowest BCUT2D eigenvalue weighted by Gasteiger charge is -2.09. The van der Waals surface area contributed by atoms with Gasteiger partial charge in [0.05, 0.1) is 16.7 Å². The van der Waals surface area contributed by atoms with E-state index < -0.39 is 0 Å². The third-order valence-corrected chi connectivity index (χ3v) is 4.46. The molecule has 0 aliphatic rings. The summed E-state index contributed by atoms with van der Waals surface area (Å²) in [5.41, 5.74) is 3.15. The first-order valence-corrected chi connectivity index (χ1v) is 7.53. The number of alkyl halides is 1. The molecule has 1 aromatic heterocycles. The quantitative estimate of drug-likeness (QED) is 0.609. The molecule has 4 heteroatoms. The van der Waals surface area contributed by atoms with Crippen LogP contribution in [0.3, 0.4) is 0 Å². The van der Waals surface area contributed by atoms with Crippen LogP contribution in [0, 0.1) is 0 Å². The molecule has 0 saturated heterocycles. The largest absolute Gasteiger partial charge is 0.241 e. The molecule has 1 atom stereocenters. The van der Waals surface area contributed by atoms with Crippen LogP contribution in [0.1, 0.15) is 16.0 Å². The number of para-hydroxylation sites is 1. The van der Waals surface area contributed by atoms with Crippen LogP contribution in [0.4, 0.5) is 0 Å². The maximum Gasteiger partial charge on any atom is 0.0690 e. The van der Waals surface area contributed by atoms with Gasteiger partial charge in [-0.15, -0.1) is 0 Å². The second-order valence-corrected chi connectivity index (χ2v) is 5.76. The van der Waals surface area contributed by atoms with Crippen LogP contribution in [0.5, 0.6) is 0 Å². The van der Waals surface area contributed by atoms with Gasteiger partial charge in [-0.2, -0.15) is 5.10 Å². The lowest BCUT2D eigenvalue weighted by molar-refractivity contribution is 0.880. The Labute approximate surface area is 131 Å². The van der Waals surface area contributed by atoms with Gasteiger partial charge in [-0.1, -0.05) is 63.9 Å². The van der Waals surface area contributed by atoms with E-state index in [0.717, 1.165) is 21.8 Å². The highest BCUT2D eigenvalue weighted by Crippen LogP contribution is 2.34. The van der Waals surface area contributed by atoms with Crippen LogP contribution in [0.25, 0.3) is 5.69 Å². The summed E-state index contributed by atoms with van der Waals surface area (Å²) in [4.78, 5) is 0.0358. The minimum Gasteiger partial charge on any atom is -0.241 e. The first-order valence-electron chi connectivity index (χ1n) is 6.24. The third-order valence-electron chi connectivity index (χ3n) is 3.09. The topological polar surface area (TPSA) is 17.8 Å². The van der Waals surface area contributed by atoms with Crippen molar-refractivity contribution in [2.75, 3.05) is 0 Å². The summed E-state index contributed by atoms with van der Waals surface area (Å²) < 4.78 is 1.86. The molecular formula is C16H12BrClN2. The molecule has 0 bridgehead atoms. The summed E-state index contributed by atoms with van der Waals surface area (Å²) in [5, 5.41) is 5.16. The van der Waals surface area contributed by atoms with E-state index in [2.05, 4.69) is 21.0 Å². The van der Waals surface area contributed by atoms with E-state index in [4.69, 9.17) is 11.6 Å². The normalized spacial score (nSPS) is 12.3. The Morgan fingerprint density at radius 2 is 1.70 bits per heavy atom. The Bertz CT molecular complexity index is 709. The highest BCUT2D eigenvalue weighted by Gasteiger charge is 2.15. The van der Waals surface area contributed by atoms with Crippen LogP contribution in [0.15, 0.2) is 67.0 Å². The smallest absolute Gasteiger partial charge is 0.0690 e. The van der Waals surface area contributed by atoms with Crippen molar-refractivity contribution in [3.8, 4) is 5.69 Å². The molecule has 0 saturated carbocycles. The van der Waals surface area contributed by atoms with Crippen LogP contribution in [0.2, 0.25) is 5.02 Å². The SMILES string of the molecule is Clc1ccccc1C(Br)c1cnn(-c2ccccc2)c1. The van der Waals surface area contributed by atoms with Crippen molar-refractivity contribution in [3.63, 3.8) is 0 Å². The van der Waals surface area contributed by atoms with Crippen molar-refractivity contribution in [2.24, 2.45) is 0 Å². The van der Waals surface area contributed by atoms with Crippen molar-refractivity contribution in [3.05, 3.63) is 83.1 Å². The van der Waals surface area contributed by atoms with Gasteiger partial charge >= 0.3 is 0 Å². The molecule has 2 nitrogen and oxygen atoms in total. The van der Waals surface area contributed by atoms with E-state index in [9.17, 15) is 0 Å². The van der Waals surface area contributed by atoms with Gasteiger partial charge in [0, 0.05) is 16.8 Å². The van der Waals surface area contributed by atoms with Crippen LogP contribution < -0.4 is 0 Å². The summed E-state index contributed by atoms with van der Waals surface area (Å²) in [5.74, 6) is 0. The van der Waals surface area contributed by atoms with Crippen molar-refractivity contribution < 1.29 is 0 Å². The first kappa shape index (κ1) is 13.4. The summed E-state index contributed by atoms with van der Waals surface area (Å²) in [7, 11) is 0. The summed E-state index contributed by atoms with van der Waals surface area (Å²) >= 11 is 9.93. The Morgan fingerprint density at radius 3 is 2.45 bits per heavy atom. The lowest BCUT2D eigenvalue weighted by atomic mass is 10.1. The molecule has 0 spiro atoms. The summed E-state index contributed by atoms with van der Waals surface area (Å²) in [6.07, 6.45) is 3.87. The number of nitrogens with zero attached hydrogens (tertiary/aromatic N) is 2. The van der Waals surface area contributed by atoms with Gasteiger partial charge < -0.3 is 0 Å². The van der Waals surface area contributed by atoms with E-state index in [1.807, 2.05) is 71.7 Å². The fourth-order valence-electron chi connectivity index (χ4n) is 2.05. The Kier molecular flexibility index (Phi) is 3.90. The van der Waals surface area contributed by atoms with E-state index >= 15 is 0 Å². The number of benzene rings is 2. The molecule has 20 heavy (non-hydrogen) atoms. The number of hydrogen-bond acceptors (Lipinski definition) is 1. The van der Waals surface area contributed by atoms with Crippen LogP contribution in [-0.2, 0) is 0 Å². The monoisotopic (exact) mass is 346 g/mol. The minimum absolute atomic E-state index is 0.0358. The predicted octanol–water partition coefficient (Wildman–Crippen LogP) is 5.01. The Balaban J connectivity index is 1.93. The number of aromatic nitrogens is 2. The van der Waals surface area contributed by atoms with Crippen molar-refractivity contribution >= 4 is 27.5 Å². The predicted molar refractivity (Wildman–Crippen MR) is 85.8 cm³/mol. The minimum atomic E-state index is 0.0358. The molecule has 3 rings (SSSR count). The molecule has 1 heterocycles. The van der Waals surface area contributed by atoms with E-state index in [-0.39, 0.29) is 4.83 Å². The van der Waals surface area contributed by atoms with Gasteiger partial charge in [0.2, 0.25) is 0 Å². The summed E-state index contributed by atoms with van der Waals surface area (Å²) in [6, 6.07) is 17.9. The molecular weight excluding hydrogens is 336 g/mol. The zero-order valence-corrected chi connectivity index (χ0v) is 12.9. The highest BCUT2D eigenvalue weighted by molar-refractivity contribution is 9.09. The second kappa shape index (κ2) is 5.81. The summed E-state index contributed by atoms with van der Waals surface area (Å²) in [6.45, 7) is 0. The molecule has 0 amide bonds. The average Bonchev–Trinajstić information content (AvgIpc) is 2.98. The average molecular weight is 348 g/mol. The van der Waals surface area contributed by atoms with E-state index in [1.165, 1.54) is 0 Å². The zero-order chi connectivity index (χ0) is 13.9. The van der Waals surface area contributed by atoms with Gasteiger partial charge in [0.15, 0.2) is 0 Å². The maximum absolute atomic E-state index is 6.24. The van der Waals surface area contributed by atoms with Gasteiger partial charge in [0.1, 0.15) is 0 Å². The highest BCUT2D eigenvalue weighted by atomic mass is 79.9. The molecule has 2 aromatic carbocycles. The van der Waals surface area contributed by atoms with Gasteiger partial charge in [-0.25, -0.2) is 4.68 Å². The molecule has 0 aliphatic carbocycles. The Morgan fingerprint density at radius 1 is 1.00 bits per heavy atom. The third kappa shape index (κ3) is 2.65. The van der Waals surface area contributed by atoms with Crippen molar-refractivity contribution in [1.82, 2.24) is 9.78 Å². The number of rotatable bonds is 3. The van der Waals surface area contributed by atoms with Gasteiger partial charge in [0.25, 0.3) is 0 Å². The molecule has 0 radical (unpaired) electrons. The van der Waals surface area contributed by atoms with Gasteiger partial charge in [-0.3, -0.25) is 0 Å². The van der Waals surface area contributed by atoms with Gasteiger partial charge in [-0.05, 0) is 23.8 Å². The number of hydrogen-bond donors (Lipinski definition) is 0. The standard InChI is InChI=1S/C16H12BrClN2/c17-16(14-8-4-5-9-15(14)18)12-10-19-20(11-12)13-6-2-1-3-7-13/h1-11,16H. The number of halogens is 2. The fourth-order valence-corrected chi connectivity index (χ4v) is 3.06. The molecule has 0 fully saturated rings. The molecule has 0 N–H and O–H groups in total. The molecule has 3 aromatic rings. The van der Waals surface area contributed by atoms with Crippen molar-refractivity contribution in [2.45, 2.75) is 4.83 Å². The molecule has 0 aliphatic heterocycles. The van der Waals surface area contributed by atoms with Crippen LogP contribution in [-0.4, -0.2) is 9.78 Å². The van der Waals surface area contributed by atoms with E-state index in [1.54, 1.807) is 0 Å². The lowest BCUT2D eigenvalue weighted by Crippen LogP contribution is -1.94.